The standard InChI is InChI=1S/C17H21N/c1-5-14(4)8-9-15(6-2)16-10-12-17(13-11-16)18-7-3/h5-6,8-13,18H,1-2,7H2,3-4H3/b14-8-,15-9+. The van der Waals surface area contributed by atoms with Crippen LogP contribution in [0.15, 0.2) is 67.3 Å². The maximum Gasteiger partial charge on any atom is 0.0340 e. The Bertz CT molecular complexity index is 461. The van der Waals surface area contributed by atoms with Crippen LogP contribution in [0.1, 0.15) is 19.4 Å². The van der Waals surface area contributed by atoms with Crippen molar-refractivity contribution in [2.24, 2.45) is 0 Å². The molecule has 0 saturated heterocycles. The molecule has 18 heavy (non-hydrogen) atoms. The summed E-state index contributed by atoms with van der Waals surface area (Å²) in [4.78, 5) is 0. The number of benzene rings is 1. The van der Waals surface area contributed by atoms with E-state index in [0.29, 0.717) is 0 Å². The van der Waals surface area contributed by atoms with Crippen molar-refractivity contribution in [1.82, 2.24) is 0 Å². The third kappa shape index (κ3) is 4.10. The van der Waals surface area contributed by atoms with E-state index in [1.165, 1.54) is 5.56 Å². The van der Waals surface area contributed by atoms with Crippen LogP contribution in [0.5, 0.6) is 0 Å². The summed E-state index contributed by atoms with van der Waals surface area (Å²) in [6.07, 6.45) is 7.81. The van der Waals surface area contributed by atoms with Crippen LogP contribution in [0.3, 0.4) is 0 Å². The second kappa shape index (κ2) is 7.33. The molecule has 0 unspecified atom stereocenters. The molecule has 1 heteroatoms. The van der Waals surface area contributed by atoms with E-state index in [1.54, 1.807) is 0 Å². The van der Waals surface area contributed by atoms with E-state index in [0.717, 1.165) is 23.4 Å². The van der Waals surface area contributed by atoms with Gasteiger partial charge in [0.05, 0.1) is 0 Å². The van der Waals surface area contributed by atoms with Gasteiger partial charge < -0.3 is 5.32 Å². The number of allylic oxidation sites excluding steroid dienone is 6. The Morgan fingerprint density at radius 2 is 1.78 bits per heavy atom. The molecule has 94 valence electrons. The summed E-state index contributed by atoms with van der Waals surface area (Å²) in [5, 5.41) is 3.28. The van der Waals surface area contributed by atoms with Crippen molar-refractivity contribution in [3.63, 3.8) is 0 Å². The van der Waals surface area contributed by atoms with Gasteiger partial charge in [-0.15, -0.1) is 0 Å². The largest absolute Gasteiger partial charge is 0.385 e. The Hall–Kier alpha value is -2.02. The van der Waals surface area contributed by atoms with Crippen LogP contribution in [0, 0.1) is 0 Å². The van der Waals surface area contributed by atoms with Gasteiger partial charge in [-0.3, -0.25) is 0 Å². The second-order valence-electron chi connectivity index (χ2n) is 4.05. The third-order valence-electron chi connectivity index (χ3n) is 2.67. The molecule has 0 radical (unpaired) electrons. The van der Waals surface area contributed by atoms with E-state index in [9.17, 15) is 0 Å². The molecule has 1 N–H and O–H groups in total. The quantitative estimate of drug-likeness (QED) is 0.702. The summed E-state index contributed by atoms with van der Waals surface area (Å²) in [5.41, 5.74) is 4.56. The Balaban J connectivity index is 2.95. The average Bonchev–Trinajstić information content (AvgIpc) is 2.41. The van der Waals surface area contributed by atoms with Crippen molar-refractivity contribution < 1.29 is 0 Å². The first kappa shape index (κ1) is 14.0. The maximum absolute atomic E-state index is 3.86. The van der Waals surface area contributed by atoms with Gasteiger partial charge in [-0.05, 0) is 37.1 Å². The Morgan fingerprint density at radius 1 is 1.11 bits per heavy atom. The second-order valence-corrected chi connectivity index (χ2v) is 4.05. The molecule has 0 saturated carbocycles. The molecule has 1 rings (SSSR count). The van der Waals surface area contributed by atoms with Crippen LogP contribution < -0.4 is 5.32 Å². The molecule has 0 aliphatic carbocycles. The topological polar surface area (TPSA) is 12.0 Å². The molecular formula is C17H21N. The summed E-state index contributed by atoms with van der Waals surface area (Å²) in [6.45, 7) is 12.6. The Kier molecular flexibility index (Phi) is 5.72. The van der Waals surface area contributed by atoms with Gasteiger partial charge in [0.2, 0.25) is 0 Å². The third-order valence-corrected chi connectivity index (χ3v) is 2.67. The first-order valence-electron chi connectivity index (χ1n) is 6.19. The van der Waals surface area contributed by atoms with Gasteiger partial charge in [-0.25, -0.2) is 0 Å². The molecule has 0 heterocycles. The summed E-state index contributed by atoms with van der Waals surface area (Å²) >= 11 is 0. The molecule has 0 spiro atoms. The Labute approximate surface area is 110 Å². The zero-order valence-electron chi connectivity index (χ0n) is 11.2. The lowest BCUT2D eigenvalue weighted by atomic mass is 10.0. The van der Waals surface area contributed by atoms with Crippen molar-refractivity contribution in [1.29, 1.82) is 0 Å². The van der Waals surface area contributed by atoms with Crippen molar-refractivity contribution >= 4 is 11.3 Å². The molecular weight excluding hydrogens is 218 g/mol. The normalized spacial score (nSPS) is 12.1. The minimum Gasteiger partial charge on any atom is -0.385 e. The summed E-state index contributed by atoms with van der Waals surface area (Å²) in [5.74, 6) is 0. The highest BCUT2D eigenvalue weighted by molar-refractivity contribution is 5.75. The highest BCUT2D eigenvalue weighted by atomic mass is 14.8. The molecule has 0 aromatic heterocycles. The number of rotatable bonds is 6. The maximum atomic E-state index is 3.86. The predicted molar refractivity (Wildman–Crippen MR) is 82.7 cm³/mol. The van der Waals surface area contributed by atoms with E-state index in [1.807, 2.05) is 25.2 Å². The van der Waals surface area contributed by atoms with E-state index in [-0.39, 0.29) is 0 Å². The van der Waals surface area contributed by atoms with Gasteiger partial charge in [-0.2, -0.15) is 0 Å². The fourth-order valence-electron chi connectivity index (χ4n) is 1.56. The lowest BCUT2D eigenvalue weighted by molar-refractivity contribution is 1.21. The van der Waals surface area contributed by atoms with Gasteiger partial charge in [0, 0.05) is 12.2 Å². The number of nitrogens with one attached hydrogen (secondary N) is 1. The number of anilines is 1. The molecule has 0 atom stereocenters. The minimum absolute atomic E-state index is 0.935. The van der Waals surface area contributed by atoms with Crippen LogP contribution >= 0.6 is 0 Å². The lowest BCUT2D eigenvalue weighted by Crippen LogP contribution is -1.95. The van der Waals surface area contributed by atoms with Gasteiger partial charge in [0.1, 0.15) is 0 Å². The van der Waals surface area contributed by atoms with Crippen molar-refractivity contribution in [2.45, 2.75) is 13.8 Å². The van der Waals surface area contributed by atoms with Crippen LogP contribution in [-0.2, 0) is 0 Å². The lowest BCUT2D eigenvalue weighted by Gasteiger charge is -2.05. The van der Waals surface area contributed by atoms with Crippen LogP contribution in [0.4, 0.5) is 5.69 Å². The molecule has 1 nitrogen and oxygen atoms in total. The van der Waals surface area contributed by atoms with E-state index in [2.05, 4.69) is 55.7 Å². The Morgan fingerprint density at radius 3 is 2.28 bits per heavy atom. The molecule has 1 aromatic carbocycles. The molecule has 0 fully saturated rings. The van der Waals surface area contributed by atoms with Gasteiger partial charge in [0.15, 0.2) is 0 Å². The molecule has 0 aliphatic rings. The van der Waals surface area contributed by atoms with Crippen molar-refractivity contribution in [2.75, 3.05) is 11.9 Å². The van der Waals surface area contributed by atoms with Gasteiger partial charge >= 0.3 is 0 Å². The zero-order chi connectivity index (χ0) is 13.4. The summed E-state index contributed by atoms with van der Waals surface area (Å²) in [6, 6.07) is 8.37. The molecule has 0 bridgehead atoms. The molecule has 0 aliphatic heterocycles. The van der Waals surface area contributed by atoms with E-state index in [4.69, 9.17) is 0 Å². The number of hydrogen-bond acceptors (Lipinski definition) is 1. The number of hydrogen-bond donors (Lipinski definition) is 1. The minimum atomic E-state index is 0.935. The van der Waals surface area contributed by atoms with Crippen LogP contribution in [0.2, 0.25) is 0 Å². The first-order chi connectivity index (χ1) is 8.71. The first-order valence-corrected chi connectivity index (χ1v) is 6.19. The van der Waals surface area contributed by atoms with Crippen LogP contribution in [-0.4, -0.2) is 6.54 Å². The monoisotopic (exact) mass is 239 g/mol. The molecule has 1 aromatic rings. The fraction of sp³-hybridized carbons (Fsp3) is 0.176. The highest BCUT2D eigenvalue weighted by Gasteiger charge is 1.96. The van der Waals surface area contributed by atoms with E-state index >= 15 is 0 Å². The molecule has 0 amide bonds. The van der Waals surface area contributed by atoms with Gasteiger partial charge in [0.25, 0.3) is 0 Å². The van der Waals surface area contributed by atoms with Crippen LogP contribution in [0.25, 0.3) is 5.57 Å². The SMILES string of the molecule is C=C/C(C)=C\C=C(/C=C)c1ccc(NCC)cc1. The fourth-order valence-corrected chi connectivity index (χ4v) is 1.56. The van der Waals surface area contributed by atoms with Crippen molar-refractivity contribution in [3.8, 4) is 0 Å². The van der Waals surface area contributed by atoms with Crippen molar-refractivity contribution in [3.05, 3.63) is 72.9 Å². The summed E-state index contributed by atoms with van der Waals surface area (Å²) in [7, 11) is 0. The average molecular weight is 239 g/mol. The smallest absolute Gasteiger partial charge is 0.0340 e. The highest BCUT2D eigenvalue weighted by Crippen LogP contribution is 2.18. The zero-order valence-corrected chi connectivity index (χ0v) is 11.2. The summed E-state index contributed by atoms with van der Waals surface area (Å²) < 4.78 is 0. The van der Waals surface area contributed by atoms with Gasteiger partial charge in [-0.1, -0.05) is 55.2 Å². The van der Waals surface area contributed by atoms with E-state index < -0.39 is 0 Å². The predicted octanol–water partition coefficient (Wildman–Crippen LogP) is 4.82.